The van der Waals surface area contributed by atoms with Gasteiger partial charge in [0.2, 0.25) is 0 Å². The zero-order chi connectivity index (χ0) is 20.5. The second-order valence-corrected chi connectivity index (χ2v) is 7.32. The van der Waals surface area contributed by atoms with Crippen LogP contribution in [-0.4, -0.2) is 53.0 Å². The number of nitrogens with zero attached hydrogens (tertiary/aromatic N) is 1. The first kappa shape index (κ1) is 19.5. The van der Waals surface area contributed by atoms with Gasteiger partial charge in [0.05, 0.1) is 18.8 Å². The Morgan fingerprint density at radius 1 is 1.00 bits per heavy atom. The number of aromatic hydroxyl groups is 1. The van der Waals surface area contributed by atoms with Gasteiger partial charge in [-0.2, -0.15) is 8.42 Å². The third-order valence-electron chi connectivity index (χ3n) is 4.06. The van der Waals surface area contributed by atoms with E-state index < -0.39 is 33.4 Å². The number of imide groups is 1. The van der Waals surface area contributed by atoms with Crippen molar-refractivity contribution < 1.29 is 32.8 Å². The number of aliphatic hydroxyl groups is 1. The van der Waals surface area contributed by atoms with Crippen molar-refractivity contribution in [1.82, 2.24) is 4.90 Å². The van der Waals surface area contributed by atoms with Crippen LogP contribution in [0.5, 0.6) is 5.75 Å². The second-order valence-electron chi connectivity index (χ2n) is 5.93. The highest BCUT2D eigenvalue weighted by molar-refractivity contribution is 7.86. The summed E-state index contributed by atoms with van der Waals surface area (Å²) in [6, 6.07) is 10.1. The van der Waals surface area contributed by atoms with Crippen LogP contribution in [0.3, 0.4) is 0 Å². The largest absolute Gasteiger partial charge is 0.508 e. The summed E-state index contributed by atoms with van der Waals surface area (Å²) in [5.74, 6) is -1.32. The van der Waals surface area contributed by atoms with Crippen LogP contribution in [0.4, 0.5) is 5.69 Å². The molecule has 0 saturated carbocycles. The van der Waals surface area contributed by atoms with Crippen LogP contribution < -0.4 is 5.32 Å². The monoisotopic (exact) mass is 404 g/mol. The minimum atomic E-state index is -4.66. The second kappa shape index (κ2) is 7.43. The Kier molecular flexibility index (Phi) is 5.18. The molecule has 4 N–H and O–H groups in total. The molecule has 2 amide bonds. The quantitative estimate of drug-likeness (QED) is 0.412. The Morgan fingerprint density at radius 2 is 1.64 bits per heavy atom. The molecule has 2 aromatic carbocycles. The topological polar surface area (TPSA) is 144 Å². The van der Waals surface area contributed by atoms with Gasteiger partial charge < -0.3 is 15.5 Å². The SMILES string of the molecule is O=C1C=C(Nc2ccc(-c3ccc(O)cc3)cc2S(=O)(=O)O)C(=O)N1CCO. The van der Waals surface area contributed by atoms with Crippen molar-refractivity contribution in [3.05, 3.63) is 54.2 Å². The first-order valence-corrected chi connectivity index (χ1v) is 9.51. The van der Waals surface area contributed by atoms with Crippen LogP contribution in [0.2, 0.25) is 0 Å². The lowest BCUT2D eigenvalue weighted by Gasteiger charge is -2.15. The molecule has 10 heteroatoms. The van der Waals surface area contributed by atoms with Gasteiger partial charge >= 0.3 is 0 Å². The molecule has 3 rings (SSSR count). The standard InChI is InChI=1S/C18H16N2O7S/c21-8-7-20-17(23)10-15(18(20)24)19-14-6-3-12(9-16(14)28(25,26)27)11-1-4-13(22)5-2-11/h1-6,9-10,19,21-22H,7-8H2,(H,25,26,27). The minimum absolute atomic E-state index is 0.0424. The van der Waals surface area contributed by atoms with Gasteiger partial charge in [0.25, 0.3) is 21.9 Å². The summed E-state index contributed by atoms with van der Waals surface area (Å²) < 4.78 is 33.3. The minimum Gasteiger partial charge on any atom is -0.508 e. The predicted octanol–water partition coefficient (Wildman–Crippen LogP) is 0.963. The van der Waals surface area contributed by atoms with E-state index in [4.69, 9.17) is 5.11 Å². The average molecular weight is 404 g/mol. The van der Waals surface area contributed by atoms with Crippen molar-refractivity contribution in [2.45, 2.75) is 4.90 Å². The molecule has 1 heterocycles. The van der Waals surface area contributed by atoms with Gasteiger partial charge in [0.1, 0.15) is 16.3 Å². The predicted molar refractivity (Wildman–Crippen MR) is 98.9 cm³/mol. The van der Waals surface area contributed by atoms with Gasteiger partial charge in [-0.1, -0.05) is 18.2 Å². The lowest BCUT2D eigenvalue weighted by atomic mass is 10.1. The third-order valence-corrected chi connectivity index (χ3v) is 4.96. The van der Waals surface area contributed by atoms with Gasteiger partial charge in [-0.15, -0.1) is 0 Å². The Morgan fingerprint density at radius 3 is 2.25 bits per heavy atom. The van der Waals surface area contributed by atoms with Crippen molar-refractivity contribution in [3.63, 3.8) is 0 Å². The van der Waals surface area contributed by atoms with Crippen LogP contribution in [0.1, 0.15) is 0 Å². The van der Waals surface area contributed by atoms with E-state index in [1.807, 2.05) is 0 Å². The molecule has 1 aliphatic rings. The number of hydrogen-bond donors (Lipinski definition) is 4. The maximum Gasteiger partial charge on any atom is 0.296 e. The summed E-state index contributed by atoms with van der Waals surface area (Å²) >= 11 is 0. The highest BCUT2D eigenvalue weighted by Gasteiger charge is 2.31. The molecular formula is C18H16N2O7S. The Balaban J connectivity index is 1.98. The van der Waals surface area contributed by atoms with Crippen molar-refractivity contribution in [2.24, 2.45) is 0 Å². The van der Waals surface area contributed by atoms with Crippen LogP contribution in [-0.2, 0) is 19.7 Å². The molecule has 0 spiro atoms. The number of phenolic OH excluding ortho intramolecular Hbond substituents is 1. The summed E-state index contributed by atoms with van der Waals surface area (Å²) in [4.78, 5) is 24.4. The van der Waals surface area contributed by atoms with E-state index in [-0.39, 0.29) is 23.7 Å². The first-order valence-electron chi connectivity index (χ1n) is 8.07. The van der Waals surface area contributed by atoms with Gasteiger partial charge in [-0.3, -0.25) is 19.0 Å². The maximum atomic E-state index is 12.2. The van der Waals surface area contributed by atoms with E-state index in [0.717, 1.165) is 11.0 Å². The number of carbonyl (C=O) groups is 2. The number of phenols is 1. The van der Waals surface area contributed by atoms with E-state index >= 15 is 0 Å². The van der Waals surface area contributed by atoms with Gasteiger partial charge in [-0.25, -0.2) is 0 Å². The fourth-order valence-electron chi connectivity index (χ4n) is 2.73. The Bertz CT molecular complexity index is 1080. The fourth-order valence-corrected chi connectivity index (χ4v) is 3.40. The van der Waals surface area contributed by atoms with E-state index in [9.17, 15) is 27.7 Å². The van der Waals surface area contributed by atoms with Crippen molar-refractivity contribution in [2.75, 3.05) is 18.5 Å². The summed E-state index contributed by atoms with van der Waals surface area (Å²) in [6.45, 7) is -0.597. The van der Waals surface area contributed by atoms with Crippen LogP contribution in [0.15, 0.2) is 59.1 Å². The number of nitrogens with one attached hydrogen (secondary N) is 1. The average Bonchev–Trinajstić information content (AvgIpc) is 2.90. The molecule has 0 aromatic heterocycles. The molecule has 1 aliphatic heterocycles. The zero-order valence-electron chi connectivity index (χ0n) is 14.4. The summed E-state index contributed by atoms with van der Waals surface area (Å²) in [5.41, 5.74) is 0.765. The lowest BCUT2D eigenvalue weighted by Crippen LogP contribution is -2.34. The Labute approximate surface area is 160 Å². The highest BCUT2D eigenvalue weighted by Crippen LogP contribution is 2.30. The fraction of sp³-hybridized carbons (Fsp3) is 0.111. The number of amides is 2. The molecule has 0 fully saturated rings. The zero-order valence-corrected chi connectivity index (χ0v) is 15.2. The number of aliphatic hydroxyl groups excluding tert-OH is 1. The lowest BCUT2D eigenvalue weighted by molar-refractivity contribution is -0.137. The molecule has 0 unspecified atom stereocenters. The summed E-state index contributed by atoms with van der Waals surface area (Å²) in [5, 5.41) is 20.9. The number of rotatable bonds is 6. The van der Waals surface area contributed by atoms with Crippen LogP contribution in [0, 0.1) is 0 Å². The number of hydrogen-bond acceptors (Lipinski definition) is 7. The summed E-state index contributed by atoms with van der Waals surface area (Å²) in [7, 11) is -4.66. The Hall–Kier alpha value is -3.21. The molecule has 28 heavy (non-hydrogen) atoms. The third kappa shape index (κ3) is 3.88. The molecular weight excluding hydrogens is 388 g/mol. The maximum absolute atomic E-state index is 12.2. The van der Waals surface area contributed by atoms with Gasteiger partial charge in [0.15, 0.2) is 0 Å². The molecule has 0 bridgehead atoms. The first-order chi connectivity index (χ1) is 13.2. The summed E-state index contributed by atoms with van der Waals surface area (Å²) in [6.07, 6.45) is 0.986. The van der Waals surface area contributed by atoms with Gasteiger partial charge in [0, 0.05) is 6.08 Å². The highest BCUT2D eigenvalue weighted by atomic mass is 32.2. The van der Waals surface area contributed by atoms with Crippen molar-refractivity contribution in [3.8, 4) is 16.9 Å². The molecule has 2 aromatic rings. The smallest absolute Gasteiger partial charge is 0.296 e. The van der Waals surface area contributed by atoms with E-state index in [1.54, 1.807) is 18.2 Å². The van der Waals surface area contributed by atoms with Crippen LogP contribution in [0.25, 0.3) is 11.1 Å². The number of β-amino-alcohol motifs (C(OH)–C–C–N with tert-alkyl or cyclic N) is 1. The normalized spacial score (nSPS) is 14.4. The number of carbonyl (C=O) groups excluding carboxylic acids is 2. The van der Waals surface area contributed by atoms with Crippen LogP contribution >= 0.6 is 0 Å². The van der Waals surface area contributed by atoms with Crippen molar-refractivity contribution in [1.29, 1.82) is 0 Å². The van der Waals surface area contributed by atoms with E-state index in [2.05, 4.69) is 5.32 Å². The van der Waals surface area contributed by atoms with E-state index in [1.165, 1.54) is 24.3 Å². The molecule has 9 nitrogen and oxygen atoms in total. The van der Waals surface area contributed by atoms with Gasteiger partial charge in [-0.05, 0) is 35.4 Å². The molecule has 0 radical (unpaired) electrons. The number of benzene rings is 2. The molecule has 0 atom stereocenters. The van der Waals surface area contributed by atoms with Crippen molar-refractivity contribution >= 4 is 27.6 Å². The molecule has 0 saturated heterocycles. The molecule has 0 aliphatic carbocycles. The van der Waals surface area contributed by atoms with E-state index in [0.29, 0.717) is 11.1 Å². The molecule has 146 valence electrons. The number of anilines is 1.